The Labute approximate surface area is 160 Å². The maximum absolute atomic E-state index is 12.3. The van der Waals surface area contributed by atoms with Crippen LogP contribution in [0.4, 0.5) is 5.82 Å². The predicted octanol–water partition coefficient (Wildman–Crippen LogP) is 3.90. The van der Waals surface area contributed by atoms with Crippen LogP contribution in [0.25, 0.3) is 22.2 Å². The number of aryl methyl sites for hydroxylation is 2. The molecule has 136 valence electrons. The van der Waals surface area contributed by atoms with Crippen molar-refractivity contribution in [3.05, 3.63) is 75.3 Å². The molecule has 6 nitrogen and oxygen atoms in total. The first-order chi connectivity index (χ1) is 13.0. The lowest BCUT2D eigenvalue weighted by atomic mass is 10.1. The standard InChI is InChI=1S/C20H18ClN5O/c1-12-7-18(26(2)25-12)13-5-6-22-19(10-13)23-11-15-8-14-9-16(21)3-4-17(14)24-20(15)27/h3-10H,11H2,1-2H3,(H,22,23)(H,24,27). The number of aromatic nitrogens is 4. The quantitative estimate of drug-likeness (QED) is 0.564. The zero-order valence-electron chi connectivity index (χ0n) is 15.0. The Bertz CT molecular complexity index is 1190. The fourth-order valence-electron chi connectivity index (χ4n) is 3.11. The van der Waals surface area contributed by atoms with E-state index in [4.69, 9.17) is 11.6 Å². The van der Waals surface area contributed by atoms with Gasteiger partial charge in [-0.3, -0.25) is 9.48 Å². The summed E-state index contributed by atoms with van der Waals surface area (Å²) in [6.07, 6.45) is 1.74. The summed E-state index contributed by atoms with van der Waals surface area (Å²) < 4.78 is 1.84. The van der Waals surface area contributed by atoms with Gasteiger partial charge in [0.1, 0.15) is 5.82 Å². The average molecular weight is 380 g/mol. The Morgan fingerprint density at radius 3 is 2.81 bits per heavy atom. The van der Waals surface area contributed by atoms with Crippen molar-refractivity contribution in [2.24, 2.45) is 7.05 Å². The number of aromatic amines is 1. The fraction of sp³-hybridized carbons (Fsp3) is 0.150. The van der Waals surface area contributed by atoms with Crippen molar-refractivity contribution in [1.29, 1.82) is 0 Å². The number of pyridine rings is 2. The molecule has 0 aliphatic rings. The molecule has 0 saturated heterocycles. The van der Waals surface area contributed by atoms with E-state index in [2.05, 4.69) is 20.4 Å². The molecule has 0 atom stereocenters. The van der Waals surface area contributed by atoms with Gasteiger partial charge in [0.05, 0.1) is 11.4 Å². The van der Waals surface area contributed by atoms with Crippen molar-refractivity contribution < 1.29 is 0 Å². The second kappa shape index (κ2) is 6.89. The lowest BCUT2D eigenvalue weighted by Gasteiger charge is -2.08. The zero-order valence-corrected chi connectivity index (χ0v) is 15.7. The highest BCUT2D eigenvalue weighted by Gasteiger charge is 2.08. The summed E-state index contributed by atoms with van der Waals surface area (Å²) in [4.78, 5) is 19.5. The largest absolute Gasteiger partial charge is 0.366 e. The molecule has 0 aliphatic carbocycles. The number of nitrogens with zero attached hydrogens (tertiary/aromatic N) is 3. The van der Waals surface area contributed by atoms with Gasteiger partial charge in [-0.1, -0.05) is 11.6 Å². The van der Waals surface area contributed by atoms with Gasteiger partial charge in [0.2, 0.25) is 0 Å². The number of hydrogen-bond donors (Lipinski definition) is 2. The number of anilines is 1. The van der Waals surface area contributed by atoms with E-state index in [-0.39, 0.29) is 5.56 Å². The van der Waals surface area contributed by atoms with Crippen LogP contribution in [-0.2, 0) is 13.6 Å². The Hall–Kier alpha value is -3.12. The minimum atomic E-state index is -0.129. The van der Waals surface area contributed by atoms with Crippen LogP contribution in [0.1, 0.15) is 11.3 Å². The normalized spacial score (nSPS) is 11.1. The summed E-state index contributed by atoms with van der Waals surface area (Å²) in [5, 5.41) is 9.13. The van der Waals surface area contributed by atoms with Crippen molar-refractivity contribution in [3.63, 3.8) is 0 Å². The third-order valence-corrected chi connectivity index (χ3v) is 4.64. The van der Waals surface area contributed by atoms with Crippen LogP contribution in [0, 0.1) is 6.92 Å². The topological polar surface area (TPSA) is 75.6 Å². The van der Waals surface area contributed by atoms with Crippen LogP contribution in [0.3, 0.4) is 0 Å². The molecule has 0 amide bonds. The highest BCUT2D eigenvalue weighted by Crippen LogP contribution is 2.22. The molecule has 0 spiro atoms. The number of halogens is 1. The van der Waals surface area contributed by atoms with Gasteiger partial charge in [0.25, 0.3) is 5.56 Å². The summed E-state index contributed by atoms with van der Waals surface area (Å²) in [6, 6.07) is 13.2. The molecule has 0 aliphatic heterocycles. The van der Waals surface area contributed by atoms with E-state index >= 15 is 0 Å². The van der Waals surface area contributed by atoms with E-state index in [1.54, 1.807) is 18.3 Å². The third kappa shape index (κ3) is 3.57. The molecule has 3 aromatic heterocycles. The van der Waals surface area contributed by atoms with Crippen molar-refractivity contribution in [2.45, 2.75) is 13.5 Å². The van der Waals surface area contributed by atoms with E-state index < -0.39 is 0 Å². The molecule has 4 aromatic rings. The Kier molecular flexibility index (Phi) is 4.41. The highest BCUT2D eigenvalue weighted by atomic mass is 35.5. The average Bonchev–Trinajstić information content (AvgIpc) is 2.99. The van der Waals surface area contributed by atoms with E-state index in [9.17, 15) is 4.79 Å². The Morgan fingerprint density at radius 2 is 2.04 bits per heavy atom. The van der Waals surface area contributed by atoms with E-state index in [1.807, 2.05) is 49.0 Å². The summed E-state index contributed by atoms with van der Waals surface area (Å²) in [7, 11) is 1.91. The minimum absolute atomic E-state index is 0.129. The molecule has 4 rings (SSSR count). The molecule has 7 heteroatoms. The van der Waals surface area contributed by atoms with Crippen molar-refractivity contribution in [1.82, 2.24) is 19.7 Å². The molecule has 0 bridgehead atoms. The monoisotopic (exact) mass is 379 g/mol. The molecule has 2 N–H and O–H groups in total. The van der Waals surface area contributed by atoms with Crippen LogP contribution in [0.2, 0.25) is 5.02 Å². The third-order valence-electron chi connectivity index (χ3n) is 4.40. The number of hydrogen-bond acceptors (Lipinski definition) is 4. The van der Waals surface area contributed by atoms with Crippen LogP contribution in [0.5, 0.6) is 0 Å². The summed E-state index contributed by atoms with van der Waals surface area (Å²) in [5.41, 5.74) is 4.23. The number of nitrogens with one attached hydrogen (secondary N) is 2. The first kappa shape index (κ1) is 17.3. The lowest BCUT2D eigenvalue weighted by Crippen LogP contribution is -2.16. The van der Waals surface area contributed by atoms with Crippen molar-refractivity contribution in [3.8, 4) is 11.3 Å². The molecule has 0 unspecified atom stereocenters. The van der Waals surface area contributed by atoms with Gasteiger partial charge in [-0.25, -0.2) is 4.98 Å². The van der Waals surface area contributed by atoms with Gasteiger partial charge < -0.3 is 10.3 Å². The molecule has 3 heterocycles. The maximum Gasteiger partial charge on any atom is 0.253 e. The molecular weight excluding hydrogens is 362 g/mol. The zero-order chi connectivity index (χ0) is 19.0. The van der Waals surface area contributed by atoms with Gasteiger partial charge in [0, 0.05) is 46.8 Å². The first-order valence-corrected chi connectivity index (χ1v) is 8.90. The van der Waals surface area contributed by atoms with Crippen molar-refractivity contribution >= 4 is 28.3 Å². The van der Waals surface area contributed by atoms with Gasteiger partial charge in [-0.2, -0.15) is 5.10 Å². The van der Waals surface area contributed by atoms with Crippen molar-refractivity contribution in [2.75, 3.05) is 5.32 Å². The molecular formula is C20H18ClN5O. The highest BCUT2D eigenvalue weighted by molar-refractivity contribution is 6.31. The number of rotatable bonds is 4. The van der Waals surface area contributed by atoms with Crippen LogP contribution in [-0.4, -0.2) is 19.7 Å². The summed E-state index contributed by atoms with van der Waals surface area (Å²) in [5.74, 6) is 0.692. The lowest BCUT2D eigenvalue weighted by molar-refractivity contribution is 0.764. The minimum Gasteiger partial charge on any atom is -0.366 e. The SMILES string of the molecule is Cc1cc(-c2ccnc(NCc3cc4cc(Cl)ccc4[nH]c3=O)c2)n(C)n1. The van der Waals surface area contributed by atoms with E-state index in [1.165, 1.54) is 0 Å². The van der Waals surface area contributed by atoms with Crippen LogP contribution < -0.4 is 10.9 Å². The molecule has 1 aromatic carbocycles. The number of fused-ring (bicyclic) bond motifs is 1. The van der Waals surface area contributed by atoms with Gasteiger partial charge in [0.15, 0.2) is 0 Å². The van der Waals surface area contributed by atoms with Gasteiger partial charge in [-0.15, -0.1) is 0 Å². The van der Waals surface area contributed by atoms with Gasteiger partial charge >= 0.3 is 0 Å². The molecule has 0 fully saturated rings. The molecule has 27 heavy (non-hydrogen) atoms. The second-order valence-electron chi connectivity index (χ2n) is 6.43. The molecule has 0 saturated carbocycles. The van der Waals surface area contributed by atoms with Gasteiger partial charge in [-0.05, 0) is 49.4 Å². The number of H-pyrrole nitrogens is 1. The maximum atomic E-state index is 12.3. The summed E-state index contributed by atoms with van der Waals surface area (Å²) >= 11 is 6.05. The molecule has 0 radical (unpaired) electrons. The predicted molar refractivity (Wildman–Crippen MR) is 108 cm³/mol. The smallest absolute Gasteiger partial charge is 0.253 e. The van der Waals surface area contributed by atoms with E-state index in [0.717, 1.165) is 27.9 Å². The Balaban J connectivity index is 1.60. The van der Waals surface area contributed by atoms with Crippen LogP contribution in [0.15, 0.2) is 53.5 Å². The number of benzene rings is 1. The van der Waals surface area contributed by atoms with Crippen LogP contribution >= 0.6 is 11.6 Å². The van der Waals surface area contributed by atoms with E-state index in [0.29, 0.717) is 22.9 Å². The first-order valence-electron chi connectivity index (χ1n) is 8.52. The summed E-state index contributed by atoms with van der Waals surface area (Å²) in [6.45, 7) is 2.32. The fourth-order valence-corrected chi connectivity index (χ4v) is 3.29. The Morgan fingerprint density at radius 1 is 1.19 bits per heavy atom. The second-order valence-corrected chi connectivity index (χ2v) is 6.87.